The lowest BCUT2D eigenvalue weighted by Crippen LogP contribution is -2.85. The van der Waals surface area contributed by atoms with Gasteiger partial charge in [0.1, 0.15) is 0 Å². The van der Waals surface area contributed by atoms with Crippen LogP contribution in [0.3, 0.4) is 0 Å². The van der Waals surface area contributed by atoms with Gasteiger partial charge in [0.05, 0.1) is 0 Å². The van der Waals surface area contributed by atoms with E-state index in [-0.39, 0.29) is 0 Å². The molecule has 0 aliphatic rings. The van der Waals surface area contributed by atoms with Crippen LogP contribution in [0.2, 0.25) is 210 Å². The monoisotopic (exact) mass is 2210 g/mol. The Hall–Kier alpha value is -4.57. The first-order valence-corrected chi connectivity index (χ1v) is 102. The molecule has 740 valence electrons. The zero-order valence-corrected chi connectivity index (χ0v) is 108. The summed E-state index contributed by atoms with van der Waals surface area (Å²) in [6.45, 7) is 75.1. The Morgan fingerprint density at radius 3 is 0.343 bits per heavy atom. The molecule has 10 aromatic carbocycles. The molecule has 0 radical (unpaired) electrons. The summed E-state index contributed by atoms with van der Waals surface area (Å²) in [4.78, 5) is 0. The predicted molar refractivity (Wildman–Crippen MR) is 611 cm³/mol. The summed E-state index contributed by atoms with van der Waals surface area (Å²) >= 11 is 0. The standard InChI is InChI=1S/C96H152O20Si21/c1-35-117(3,4)97-119(7,8)99-120(9,10)100-121(11,12)101-122(13,14)102-123(15,16)103-124(17,18)104-125(19,20)105-126(21,22)106-127(23,24)107-128(25,26)108-129(27,28)109-130(29,30)110-131(31,32)111-132(33,34)112-134(89-71-51-39-52-72-89,90-73-53-40-54-74-90)114-136(93-79-59-43-60-80-93,94-81-61-44-62-82-94)116-137(95-83-63-45-64-84-95,96-85-65-46-66-86-96)115-135(91-75-55-41-56-76-91,92-77-57-42-58-78-92)113-133(98-118(5,6)36-2,87-67-47-37-48-68-87)88-69-49-38-50-70-88/h35-86H,1-2H2,3-34H3. The third-order valence-corrected chi connectivity index (χ3v) is 105. The van der Waals surface area contributed by atoms with Crippen molar-refractivity contribution >= 4 is 231 Å². The van der Waals surface area contributed by atoms with Crippen LogP contribution in [0.4, 0.5) is 0 Å². The molecule has 0 N–H and O–H groups in total. The quantitative estimate of drug-likeness (QED) is 0.0328. The van der Waals surface area contributed by atoms with Gasteiger partial charge in [-0.25, -0.2) is 0 Å². The van der Waals surface area contributed by atoms with E-state index in [1.165, 1.54) is 0 Å². The first-order chi connectivity index (χ1) is 63.3. The second-order valence-electron chi connectivity index (χ2n) is 42.0. The van der Waals surface area contributed by atoms with E-state index < -0.39 is 179 Å². The molecule has 0 aliphatic heterocycles. The molecule has 0 unspecified atom stereocenters. The van der Waals surface area contributed by atoms with E-state index >= 15 is 0 Å². The van der Waals surface area contributed by atoms with Gasteiger partial charge in [0.15, 0.2) is 8.32 Å². The SMILES string of the molecule is C=C[Si](C)(C)O[Si](C)(C)O[Si](C)(C)O[Si](C)(C)O[Si](C)(C)O[Si](C)(C)O[Si](C)(C)O[Si](C)(C)O[Si](C)(C)O[Si](C)(C)O[Si](C)(C)O[Si](C)(C)O[Si](C)(C)O[Si](C)(C)O[Si](C)(C)O[Si](O[Si](O[Si](O[Si](O[Si](O[Si](C)(C)C=C)(c1ccccc1)c1ccccc1)(c1ccccc1)c1ccccc1)(c1ccccc1)c1ccccc1)(c1ccccc1)c1ccccc1)(c1ccccc1)c1ccccc1. The van der Waals surface area contributed by atoms with Crippen LogP contribution in [-0.4, -0.2) is 179 Å². The number of hydrogen-bond donors (Lipinski definition) is 0. The summed E-state index contributed by atoms with van der Waals surface area (Å²) in [7, 11) is -69.9. The summed E-state index contributed by atoms with van der Waals surface area (Å²) in [6.07, 6.45) is 0. The molecule has 0 amide bonds. The van der Waals surface area contributed by atoms with E-state index in [9.17, 15) is 8.23 Å². The van der Waals surface area contributed by atoms with Crippen molar-refractivity contribution in [1.82, 2.24) is 0 Å². The molecule has 20 nitrogen and oxygen atoms in total. The number of rotatable bonds is 52. The average molecular weight is 2220 g/mol. The largest absolute Gasteiger partial charge is 0.433 e. The zero-order valence-electron chi connectivity index (χ0n) is 87.1. The van der Waals surface area contributed by atoms with Crippen LogP contribution >= 0.6 is 0 Å². The highest BCUT2D eigenvalue weighted by molar-refractivity contribution is 7.15. The minimum Gasteiger partial charge on any atom is -0.433 e. The van der Waals surface area contributed by atoms with E-state index in [0.717, 1.165) is 51.9 Å². The average Bonchev–Trinajstić information content (AvgIpc) is 0.705. The molecule has 0 fully saturated rings. The second kappa shape index (κ2) is 44.8. The second-order valence-corrected chi connectivity index (χ2v) is 117. The van der Waals surface area contributed by atoms with Crippen molar-refractivity contribution in [3.63, 3.8) is 0 Å². The predicted octanol–water partition coefficient (Wildman–Crippen LogP) is 19.3. The summed E-state index contributed by atoms with van der Waals surface area (Å²) in [6, 6.07) is 105. The van der Waals surface area contributed by atoms with Gasteiger partial charge in [0, 0.05) is 0 Å². The molecule has 0 saturated carbocycles. The molecule has 0 spiro atoms. The van der Waals surface area contributed by atoms with Crippen molar-refractivity contribution < 1.29 is 82.3 Å². The fraction of sp³-hybridized carbons (Fsp3) is 0.333. The van der Waals surface area contributed by atoms with Crippen LogP contribution in [0, 0.1) is 0 Å². The molecule has 0 bridgehead atoms. The topological polar surface area (TPSA) is 185 Å². The van der Waals surface area contributed by atoms with Gasteiger partial charge in [-0.05, 0) is 261 Å². The summed E-state index contributed by atoms with van der Waals surface area (Å²) < 4.78 is 153. The Labute approximate surface area is 843 Å². The van der Waals surface area contributed by atoms with Crippen molar-refractivity contribution in [3.8, 4) is 0 Å². The molecule has 10 rings (SSSR count). The van der Waals surface area contributed by atoms with Crippen molar-refractivity contribution in [1.29, 1.82) is 0 Å². The van der Waals surface area contributed by atoms with Crippen LogP contribution in [0.15, 0.2) is 328 Å². The molecule has 10 aromatic rings. The molecule has 0 saturated heterocycles. The van der Waals surface area contributed by atoms with Crippen LogP contribution < -0.4 is 51.9 Å². The maximum atomic E-state index is 9.33. The van der Waals surface area contributed by atoms with Gasteiger partial charge >= 0.3 is 163 Å². The smallest absolute Gasteiger partial charge is 0.390 e. The van der Waals surface area contributed by atoms with Gasteiger partial charge in [0.2, 0.25) is 8.32 Å². The molecular weight excluding hydrogens is 2060 g/mol. The van der Waals surface area contributed by atoms with Crippen molar-refractivity contribution in [2.24, 2.45) is 0 Å². The fourth-order valence-corrected chi connectivity index (χ4v) is 126. The lowest BCUT2D eigenvalue weighted by molar-refractivity contribution is 0.250. The molecule has 0 aliphatic carbocycles. The van der Waals surface area contributed by atoms with Gasteiger partial charge in [-0.15, -0.1) is 13.2 Å². The first-order valence-electron chi connectivity index (χ1n) is 47.2. The third-order valence-electron chi connectivity index (χ3n) is 21.4. The van der Waals surface area contributed by atoms with E-state index in [2.05, 4.69) is 465 Å². The minimum absolute atomic E-state index is 0.801. The van der Waals surface area contributed by atoms with Crippen molar-refractivity contribution in [3.05, 3.63) is 328 Å². The van der Waals surface area contributed by atoms with Gasteiger partial charge in [0.25, 0.3) is 0 Å². The van der Waals surface area contributed by atoms with Gasteiger partial charge in [-0.2, -0.15) is 0 Å². The highest BCUT2D eigenvalue weighted by Crippen LogP contribution is 2.38. The third kappa shape index (κ3) is 32.2. The normalized spacial score (nSPS) is 14.2. The van der Waals surface area contributed by atoms with E-state index in [0.29, 0.717) is 0 Å². The first kappa shape index (κ1) is 114. The molecule has 137 heavy (non-hydrogen) atoms. The highest BCUT2D eigenvalue weighted by Gasteiger charge is 2.67. The van der Waals surface area contributed by atoms with Gasteiger partial charge in [-0.1, -0.05) is 315 Å². The lowest BCUT2D eigenvalue weighted by Gasteiger charge is -2.51. The molecule has 0 atom stereocenters. The lowest BCUT2D eigenvalue weighted by atomic mass is 10.4. The summed E-state index contributed by atoms with van der Waals surface area (Å²) in [5, 5.41) is 8.32. The van der Waals surface area contributed by atoms with Gasteiger partial charge in [-0.3, -0.25) is 0 Å². The Balaban J connectivity index is 0.973. The Morgan fingerprint density at radius 2 is 0.219 bits per heavy atom. The molecule has 41 heteroatoms. The fourth-order valence-electron chi connectivity index (χ4n) is 18.9. The van der Waals surface area contributed by atoms with Crippen LogP contribution in [-0.2, 0) is 82.3 Å². The van der Waals surface area contributed by atoms with E-state index in [4.69, 9.17) is 74.1 Å². The molecule has 0 heterocycles. The van der Waals surface area contributed by atoms with Crippen molar-refractivity contribution in [2.75, 3.05) is 0 Å². The maximum absolute atomic E-state index is 9.33. The van der Waals surface area contributed by atoms with Crippen LogP contribution in [0.5, 0.6) is 0 Å². The number of benzene rings is 10. The van der Waals surface area contributed by atoms with Crippen LogP contribution in [0.1, 0.15) is 0 Å². The maximum Gasteiger partial charge on any atom is 0.390 e. The molecular formula is C96H152O20Si21. The highest BCUT2D eigenvalue weighted by atomic mass is 28.6. The van der Waals surface area contributed by atoms with E-state index in [1.54, 1.807) is 0 Å². The summed E-state index contributed by atoms with van der Waals surface area (Å²) in [5.74, 6) is 0. The van der Waals surface area contributed by atoms with Crippen molar-refractivity contribution in [2.45, 2.75) is 210 Å². The van der Waals surface area contributed by atoms with Gasteiger partial charge < -0.3 is 82.3 Å². The summed E-state index contributed by atoms with van der Waals surface area (Å²) in [5.41, 5.74) is 3.94. The minimum atomic E-state index is -4.72. The zero-order chi connectivity index (χ0) is 101. The molecule has 0 aromatic heterocycles. The Bertz CT molecular complexity index is 5310. The van der Waals surface area contributed by atoms with E-state index in [1.807, 2.05) is 72.1 Å². The Morgan fingerprint density at radius 1 is 0.124 bits per heavy atom. The Kier molecular flexibility index (Phi) is 37.4. The number of hydrogen-bond acceptors (Lipinski definition) is 20. The van der Waals surface area contributed by atoms with Crippen LogP contribution in [0.25, 0.3) is 0 Å².